The van der Waals surface area contributed by atoms with Gasteiger partial charge in [0, 0.05) is 6.08 Å². The molecule has 3 aromatic rings. The molecule has 7 rings (SSSR count). The molecule has 4 bridgehead atoms. The van der Waals surface area contributed by atoms with Crippen molar-refractivity contribution in [3.8, 4) is 5.75 Å². The van der Waals surface area contributed by atoms with E-state index in [-0.39, 0.29) is 16.9 Å². The van der Waals surface area contributed by atoms with Crippen LogP contribution in [0, 0.1) is 17.3 Å². The van der Waals surface area contributed by atoms with Crippen LogP contribution in [0.25, 0.3) is 0 Å². The minimum atomic E-state index is -0.528. The molecule has 4 aliphatic rings. The van der Waals surface area contributed by atoms with Crippen molar-refractivity contribution in [2.75, 3.05) is 12.4 Å². The highest BCUT2D eigenvalue weighted by molar-refractivity contribution is 6.04. The Hall–Kier alpha value is -4.39. The minimum absolute atomic E-state index is 0.0306. The molecule has 3 aromatic carbocycles. The van der Waals surface area contributed by atoms with Crippen LogP contribution in [-0.4, -0.2) is 25.0 Å². The molecule has 0 radical (unpaired) electrons. The predicted octanol–water partition coefficient (Wildman–Crippen LogP) is 6.59. The summed E-state index contributed by atoms with van der Waals surface area (Å²) in [4.78, 5) is 37.9. The van der Waals surface area contributed by atoms with Gasteiger partial charge in [0.15, 0.2) is 0 Å². The molecule has 1 amide bonds. The average molecular weight is 566 g/mol. The highest BCUT2D eigenvalue weighted by Crippen LogP contribution is 2.66. The van der Waals surface area contributed by atoms with E-state index in [2.05, 4.69) is 17.4 Å². The summed E-state index contributed by atoms with van der Waals surface area (Å²) < 4.78 is 16.4. The number of hydrogen-bond donors (Lipinski definition) is 1. The van der Waals surface area contributed by atoms with Gasteiger partial charge in [-0.2, -0.15) is 0 Å². The lowest BCUT2D eigenvalue weighted by Crippen LogP contribution is -2.57. The normalized spacial score (nSPS) is 25.6. The molecule has 0 aromatic heterocycles. The number of amides is 1. The fraction of sp³-hybridized carbons (Fsp3) is 0.343. The van der Waals surface area contributed by atoms with Gasteiger partial charge in [0.05, 0.1) is 30.0 Å². The third kappa shape index (κ3) is 5.56. The first kappa shape index (κ1) is 27.8. The van der Waals surface area contributed by atoms with E-state index < -0.39 is 17.3 Å². The van der Waals surface area contributed by atoms with E-state index >= 15 is 0 Å². The lowest BCUT2D eigenvalue weighted by atomic mass is 9.43. The molecule has 0 saturated heterocycles. The van der Waals surface area contributed by atoms with Gasteiger partial charge in [-0.05, 0) is 91.2 Å². The maximum Gasteiger partial charge on any atom is 0.339 e. The standard InChI is InChI=1S/C35H35NO6/c1-40-32(38)29-9-5-6-10-30(29)36-31(37)15-16-41-28-13-11-27(12-14-28)34-18-25-17-26(19-34)21-35(20-25,23-34)33(39)42-22-24-7-3-2-4-8-24/h2-16,25-26H,17-23H2,1H3,(H,36,37). The van der Waals surface area contributed by atoms with Crippen LogP contribution in [0.4, 0.5) is 5.69 Å². The number of hydrogen-bond acceptors (Lipinski definition) is 6. The van der Waals surface area contributed by atoms with Crippen LogP contribution in [0.3, 0.4) is 0 Å². The van der Waals surface area contributed by atoms with Crippen molar-refractivity contribution in [1.29, 1.82) is 0 Å². The number of ether oxygens (including phenoxy) is 3. The molecule has 0 spiro atoms. The summed E-state index contributed by atoms with van der Waals surface area (Å²) in [7, 11) is 1.29. The first-order valence-corrected chi connectivity index (χ1v) is 14.5. The van der Waals surface area contributed by atoms with Crippen molar-refractivity contribution < 1.29 is 28.6 Å². The van der Waals surface area contributed by atoms with E-state index in [0.29, 0.717) is 29.9 Å². The van der Waals surface area contributed by atoms with Gasteiger partial charge in [0.1, 0.15) is 12.4 Å². The van der Waals surface area contributed by atoms with Gasteiger partial charge in [-0.15, -0.1) is 0 Å². The number of nitrogens with one attached hydrogen (secondary N) is 1. The Morgan fingerprint density at radius 2 is 1.57 bits per heavy atom. The van der Waals surface area contributed by atoms with E-state index in [1.165, 1.54) is 31.4 Å². The van der Waals surface area contributed by atoms with Gasteiger partial charge in [-0.3, -0.25) is 9.59 Å². The first-order chi connectivity index (χ1) is 20.4. The summed E-state index contributed by atoms with van der Waals surface area (Å²) in [6.07, 6.45) is 8.68. The molecule has 216 valence electrons. The van der Waals surface area contributed by atoms with Crippen LogP contribution in [0.5, 0.6) is 5.75 Å². The van der Waals surface area contributed by atoms with Crippen LogP contribution in [0.15, 0.2) is 91.2 Å². The molecule has 1 N–H and O–H groups in total. The van der Waals surface area contributed by atoms with Gasteiger partial charge in [0.2, 0.25) is 0 Å². The fourth-order valence-electron chi connectivity index (χ4n) is 7.83. The lowest BCUT2D eigenvalue weighted by Gasteiger charge is -2.61. The molecule has 42 heavy (non-hydrogen) atoms. The number of rotatable bonds is 9. The molecule has 0 heterocycles. The molecule has 2 unspecified atom stereocenters. The van der Waals surface area contributed by atoms with Crippen molar-refractivity contribution >= 4 is 23.5 Å². The fourth-order valence-corrected chi connectivity index (χ4v) is 7.83. The highest BCUT2D eigenvalue weighted by Gasteiger charge is 2.61. The van der Waals surface area contributed by atoms with Crippen LogP contribution >= 0.6 is 0 Å². The van der Waals surface area contributed by atoms with Gasteiger partial charge in [0.25, 0.3) is 5.91 Å². The number of anilines is 1. The quantitative estimate of drug-likeness (QED) is 0.179. The maximum atomic E-state index is 13.5. The molecule has 2 atom stereocenters. The zero-order valence-electron chi connectivity index (χ0n) is 23.7. The first-order valence-electron chi connectivity index (χ1n) is 14.5. The van der Waals surface area contributed by atoms with Crippen LogP contribution < -0.4 is 10.1 Å². The number of methoxy groups -OCH3 is 1. The zero-order chi connectivity index (χ0) is 29.2. The van der Waals surface area contributed by atoms with Crippen molar-refractivity contribution in [3.05, 3.63) is 108 Å². The second-order valence-electron chi connectivity index (χ2n) is 12.1. The van der Waals surface area contributed by atoms with Gasteiger partial charge in [-0.25, -0.2) is 4.79 Å². The molecular weight excluding hydrogens is 530 g/mol. The van der Waals surface area contributed by atoms with Crippen LogP contribution in [-0.2, 0) is 31.1 Å². The van der Waals surface area contributed by atoms with E-state index in [0.717, 1.165) is 37.7 Å². The summed E-state index contributed by atoms with van der Waals surface area (Å²) in [5, 5.41) is 2.68. The Balaban J connectivity index is 1.10. The number of esters is 2. The van der Waals surface area contributed by atoms with Crippen LogP contribution in [0.2, 0.25) is 0 Å². The number of benzene rings is 3. The summed E-state index contributed by atoms with van der Waals surface area (Å²) >= 11 is 0. The Morgan fingerprint density at radius 1 is 0.881 bits per heavy atom. The van der Waals surface area contributed by atoms with Gasteiger partial charge < -0.3 is 19.5 Å². The van der Waals surface area contributed by atoms with Gasteiger partial charge >= 0.3 is 11.9 Å². The zero-order valence-corrected chi connectivity index (χ0v) is 23.7. The summed E-state index contributed by atoms with van der Waals surface area (Å²) in [6.45, 7) is 0.319. The Kier molecular flexibility index (Phi) is 7.58. The molecule has 4 fully saturated rings. The monoisotopic (exact) mass is 565 g/mol. The minimum Gasteiger partial charge on any atom is -0.465 e. The molecule has 4 saturated carbocycles. The topological polar surface area (TPSA) is 90.9 Å². The second-order valence-corrected chi connectivity index (χ2v) is 12.1. The van der Waals surface area contributed by atoms with Crippen molar-refractivity contribution in [1.82, 2.24) is 0 Å². The van der Waals surface area contributed by atoms with E-state index in [9.17, 15) is 14.4 Å². The number of para-hydroxylation sites is 1. The van der Waals surface area contributed by atoms with E-state index in [1.807, 2.05) is 42.5 Å². The maximum absolute atomic E-state index is 13.5. The second kappa shape index (κ2) is 11.5. The van der Waals surface area contributed by atoms with Gasteiger partial charge in [-0.1, -0.05) is 54.6 Å². The third-order valence-electron chi connectivity index (χ3n) is 9.19. The SMILES string of the molecule is COC(=O)c1ccccc1NC(=O)C=COc1ccc(C23CC4CC(CC(C(=O)OCc5ccccc5)(C4)C2)C3)cc1. The molecule has 7 nitrogen and oxygen atoms in total. The molecular formula is C35H35NO6. The summed E-state index contributed by atoms with van der Waals surface area (Å²) in [6, 6.07) is 24.6. The predicted molar refractivity (Wildman–Crippen MR) is 158 cm³/mol. The summed E-state index contributed by atoms with van der Waals surface area (Å²) in [5.41, 5.74) is 2.45. The Morgan fingerprint density at radius 3 is 2.29 bits per heavy atom. The number of carbonyl (C=O) groups excluding carboxylic acids is 3. The van der Waals surface area contributed by atoms with Crippen LogP contribution in [0.1, 0.15) is 60.0 Å². The molecule has 7 heteroatoms. The summed E-state index contributed by atoms with van der Waals surface area (Å²) in [5.74, 6) is 0.692. The largest absolute Gasteiger partial charge is 0.465 e. The smallest absolute Gasteiger partial charge is 0.339 e. The molecule has 4 aliphatic carbocycles. The number of carbonyl (C=O) groups is 3. The average Bonchev–Trinajstić information content (AvgIpc) is 3.00. The van der Waals surface area contributed by atoms with Crippen molar-refractivity contribution in [2.24, 2.45) is 17.3 Å². The van der Waals surface area contributed by atoms with E-state index in [4.69, 9.17) is 14.2 Å². The third-order valence-corrected chi connectivity index (χ3v) is 9.19. The molecule has 0 aliphatic heterocycles. The van der Waals surface area contributed by atoms with E-state index in [1.54, 1.807) is 24.3 Å². The highest BCUT2D eigenvalue weighted by atomic mass is 16.5. The Labute approximate surface area is 245 Å². The lowest BCUT2D eigenvalue weighted by molar-refractivity contribution is -0.175. The Bertz CT molecular complexity index is 1480. The van der Waals surface area contributed by atoms with Crippen molar-refractivity contribution in [2.45, 2.75) is 50.5 Å². The van der Waals surface area contributed by atoms with Crippen molar-refractivity contribution in [3.63, 3.8) is 0 Å².